The normalized spacial score (nSPS) is 15.5. The number of rotatable bonds is 6. The van der Waals surface area contributed by atoms with Crippen LogP contribution in [-0.2, 0) is 6.54 Å². The summed E-state index contributed by atoms with van der Waals surface area (Å²) in [6.07, 6.45) is 9.23. The average Bonchev–Trinajstić information content (AvgIpc) is 3.08. The molecule has 1 fully saturated rings. The minimum atomic E-state index is 0.629. The molecule has 2 aromatic heterocycles. The van der Waals surface area contributed by atoms with Crippen LogP contribution in [0.5, 0.6) is 0 Å². The van der Waals surface area contributed by atoms with E-state index in [1.54, 1.807) is 24.8 Å². The van der Waals surface area contributed by atoms with Gasteiger partial charge in [-0.15, -0.1) is 0 Å². The number of anilines is 1. The molecule has 0 bridgehead atoms. The van der Waals surface area contributed by atoms with Crippen molar-refractivity contribution in [3.05, 3.63) is 36.4 Å². The van der Waals surface area contributed by atoms with E-state index in [-0.39, 0.29) is 0 Å². The second kappa shape index (κ2) is 7.70. The zero-order valence-corrected chi connectivity index (χ0v) is 13.2. The topological polar surface area (TPSA) is 73.9 Å². The maximum atomic E-state index is 8.77. The molecule has 0 amide bonds. The van der Waals surface area contributed by atoms with Crippen molar-refractivity contribution in [3.63, 3.8) is 0 Å². The number of nitrogens with zero attached hydrogens (tertiary/aromatic N) is 7. The Bertz CT molecular complexity index is 638. The van der Waals surface area contributed by atoms with Crippen molar-refractivity contribution in [1.29, 1.82) is 5.26 Å². The van der Waals surface area contributed by atoms with E-state index < -0.39 is 0 Å². The van der Waals surface area contributed by atoms with Gasteiger partial charge >= 0.3 is 0 Å². The average molecular weight is 311 g/mol. The number of unbranched alkanes of at least 4 members (excludes halogenated alkanes) is 1. The van der Waals surface area contributed by atoms with Crippen LogP contribution in [0.2, 0.25) is 0 Å². The first kappa shape index (κ1) is 15.4. The Labute approximate surface area is 136 Å². The Balaban J connectivity index is 1.34. The summed E-state index contributed by atoms with van der Waals surface area (Å²) in [4.78, 5) is 13.3. The zero-order chi connectivity index (χ0) is 15.9. The molecule has 120 valence electrons. The van der Waals surface area contributed by atoms with Crippen LogP contribution in [0.4, 0.5) is 5.95 Å². The highest BCUT2D eigenvalue weighted by Gasteiger charge is 2.18. The lowest BCUT2D eigenvalue weighted by molar-refractivity contribution is 0.249. The summed E-state index contributed by atoms with van der Waals surface area (Å²) >= 11 is 0. The molecule has 23 heavy (non-hydrogen) atoms. The molecule has 2 aromatic rings. The Kier molecular flexibility index (Phi) is 5.17. The van der Waals surface area contributed by atoms with Gasteiger partial charge in [-0.05, 0) is 25.5 Å². The van der Waals surface area contributed by atoms with Crippen molar-refractivity contribution >= 4 is 5.95 Å². The summed E-state index contributed by atoms with van der Waals surface area (Å²) in [5, 5.41) is 12.9. The first-order valence-corrected chi connectivity index (χ1v) is 8.02. The van der Waals surface area contributed by atoms with E-state index in [4.69, 9.17) is 5.26 Å². The highest BCUT2D eigenvalue weighted by molar-refractivity contribution is 5.29. The lowest BCUT2D eigenvalue weighted by Gasteiger charge is -2.34. The third kappa shape index (κ3) is 4.27. The fourth-order valence-electron chi connectivity index (χ4n) is 2.78. The summed E-state index contributed by atoms with van der Waals surface area (Å²) in [5.74, 6) is 0.833. The van der Waals surface area contributed by atoms with Gasteiger partial charge in [-0.3, -0.25) is 9.58 Å². The van der Waals surface area contributed by atoms with E-state index in [9.17, 15) is 0 Å². The van der Waals surface area contributed by atoms with Gasteiger partial charge in [0.1, 0.15) is 6.07 Å². The molecule has 1 aliphatic heterocycles. The Morgan fingerprint density at radius 3 is 2.48 bits per heavy atom. The molecule has 3 heterocycles. The molecule has 0 saturated carbocycles. The lowest BCUT2D eigenvalue weighted by atomic mass is 10.2. The summed E-state index contributed by atoms with van der Waals surface area (Å²) in [6, 6.07) is 3.95. The van der Waals surface area contributed by atoms with Crippen LogP contribution in [0.15, 0.2) is 30.9 Å². The van der Waals surface area contributed by atoms with E-state index in [1.807, 2.05) is 10.7 Å². The quantitative estimate of drug-likeness (QED) is 0.745. The number of hydrogen-bond acceptors (Lipinski definition) is 6. The largest absolute Gasteiger partial charge is 0.338 e. The van der Waals surface area contributed by atoms with Crippen molar-refractivity contribution in [2.75, 3.05) is 37.6 Å². The molecule has 7 heteroatoms. The molecule has 0 unspecified atom stereocenters. The van der Waals surface area contributed by atoms with Gasteiger partial charge in [0.05, 0.1) is 11.8 Å². The van der Waals surface area contributed by atoms with Crippen LogP contribution >= 0.6 is 0 Å². The number of aryl methyl sites for hydroxylation is 1. The van der Waals surface area contributed by atoms with Gasteiger partial charge < -0.3 is 4.90 Å². The van der Waals surface area contributed by atoms with Gasteiger partial charge in [0.15, 0.2) is 0 Å². The SMILES string of the molecule is N#Cc1cnn(CCCCN2CCN(c3ncccn3)CC2)c1. The van der Waals surface area contributed by atoms with Crippen LogP contribution in [0.3, 0.4) is 0 Å². The maximum Gasteiger partial charge on any atom is 0.225 e. The number of hydrogen-bond donors (Lipinski definition) is 0. The minimum Gasteiger partial charge on any atom is -0.338 e. The highest BCUT2D eigenvalue weighted by Crippen LogP contribution is 2.10. The summed E-state index contributed by atoms with van der Waals surface area (Å²) in [7, 11) is 0. The van der Waals surface area contributed by atoms with Gasteiger partial charge in [0.2, 0.25) is 5.95 Å². The fraction of sp³-hybridized carbons (Fsp3) is 0.500. The van der Waals surface area contributed by atoms with Crippen molar-refractivity contribution in [3.8, 4) is 6.07 Å². The monoisotopic (exact) mass is 311 g/mol. The van der Waals surface area contributed by atoms with Crippen molar-refractivity contribution < 1.29 is 0 Å². The van der Waals surface area contributed by atoms with E-state index >= 15 is 0 Å². The molecule has 0 atom stereocenters. The third-order valence-corrected chi connectivity index (χ3v) is 4.08. The summed E-state index contributed by atoms with van der Waals surface area (Å²) in [5.41, 5.74) is 0.629. The molecule has 0 N–H and O–H groups in total. The number of aromatic nitrogens is 4. The number of nitriles is 1. The van der Waals surface area contributed by atoms with Gasteiger partial charge in [-0.2, -0.15) is 10.4 Å². The molecule has 0 radical (unpaired) electrons. The molecule has 0 aromatic carbocycles. The standard InChI is InChI=1S/C16H21N7/c17-12-15-13-20-23(14-15)7-2-1-6-21-8-10-22(11-9-21)16-18-4-3-5-19-16/h3-5,13-14H,1-2,6-11H2. The Morgan fingerprint density at radius 2 is 1.78 bits per heavy atom. The zero-order valence-electron chi connectivity index (χ0n) is 13.2. The van der Waals surface area contributed by atoms with E-state index in [0.717, 1.165) is 58.1 Å². The van der Waals surface area contributed by atoms with Crippen LogP contribution < -0.4 is 4.90 Å². The smallest absolute Gasteiger partial charge is 0.225 e. The highest BCUT2D eigenvalue weighted by atomic mass is 15.3. The second-order valence-corrected chi connectivity index (χ2v) is 5.69. The summed E-state index contributed by atoms with van der Waals surface area (Å²) < 4.78 is 1.85. The van der Waals surface area contributed by atoms with Crippen molar-refractivity contribution in [1.82, 2.24) is 24.6 Å². The molecular weight excluding hydrogens is 290 g/mol. The molecule has 3 rings (SSSR count). The predicted molar refractivity (Wildman–Crippen MR) is 86.9 cm³/mol. The number of piperazine rings is 1. The molecule has 0 aliphatic carbocycles. The van der Waals surface area contributed by atoms with Gasteiger partial charge in [-0.25, -0.2) is 9.97 Å². The van der Waals surface area contributed by atoms with Crippen LogP contribution in [0, 0.1) is 11.3 Å². The van der Waals surface area contributed by atoms with Gasteiger partial charge in [-0.1, -0.05) is 0 Å². The maximum absolute atomic E-state index is 8.77. The first-order chi connectivity index (χ1) is 11.3. The Hall–Kier alpha value is -2.46. The van der Waals surface area contributed by atoms with E-state index in [0.29, 0.717) is 5.56 Å². The van der Waals surface area contributed by atoms with Crippen LogP contribution in [0.1, 0.15) is 18.4 Å². The molecule has 1 aliphatic rings. The fourth-order valence-corrected chi connectivity index (χ4v) is 2.78. The van der Waals surface area contributed by atoms with E-state index in [2.05, 4.69) is 30.9 Å². The summed E-state index contributed by atoms with van der Waals surface area (Å²) in [6.45, 7) is 6.05. The lowest BCUT2D eigenvalue weighted by Crippen LogP contribution is -2.47. The predicted octanol–water partition coefficient (Wildman–Crippen LogP) is 1.15. The molecular formula is C16H21N7. The first-order valence-electron chi connectivity index (χ1n) is 8.02. The minimum absolute atomic E-state index is 0.629. The van der Waals surface area contributed by atoms with Crippen LogP contribution in [-0.4, -0.2) is 57.4 Å². The van der Waals surface area contributed by atoms with Crippen molar-refractivity contribution in [2.45, 2.75) is 19.4 Å². The van der Waals surface area contributed by atoms with Gasteiger partial charge in [0, 0.05) is 51.3 Å². The second-order valence-electron chi connectivity index (χ2n) is 5.69. The van der Waals surface area contributed by atoms with Gasteiger partial charge in [0.25, 0.3) is 0 Å². The van der Waals surface area contributed by atoms with Crippen LogP contribution in [0.25, 0.3) is 0 Å². The van der Waals surface area contributed by atoms with Crippen molar-refractivity contribution in [2.24, 2.45) is 0 Å². The van der Waals surface area contributed by atoms with E-state index in [1.165, 1.54) is 0 Å². The third-order valence-electron chi connectivity index (χ3n) is 4.08. The molecule has 7 nitrogen and oxygen atoms in total. The molecule has 1 saturated heterocycles. The Morgan fingerprint density at radius 1 is 1.04 bits per heavy atom. The molecule has 0 spiro atoms.